The van der Waals surface area contributed by atoms with Gasteiger partial charge in [-0.15, -0.1) is 0 Å². The molecule has 1 saturated carbocycles. The Hall–Kier alpha value is -0.660. The molecule has 1 fully saturated rings. The highest BCUT2D eigenvalue weighted by Gasteiger charge is 2.41. The fourth-order valence-electron chi connectivity index (χ4n) is 3.26. The molecule has 0 unspecified atom stereocenters. The number of rotatable bonds is 0. The second kappa shape index (κ2) is 3.18. The van der Waals surface area contributed by atoms with E-state index >= 15 is 0 Å². The van der Waals surface area contributed by atoms with Crippen molar-refractivity contribution in [3.05, 3.63) is 11.3 Å². The van der Waals surface area contributed by atoms with E-state index in [0.29, 0.717) is 0 Å². The van der Waals surface area contributed by atoms with Crippen LogP contribution in [0.3, 0.4) is 0 Å². The van der Waals surface area contributed by atoms with Gasteiger partial charge < -0.3 is 0 Å². The average Bonchev–Trinajstić information content (AvgIpc) is 2.60. The van der Waals surface area contributed by atoms with Gasteiger partial charge in [-0.3, -0.25) is 0 Å². The van der Waals surface area contributed by atoms with Gasteiger partial charge in [0.2, 0.25) is 0 Å². The number of fused-ring (bicyclic) bond motifs is 1. The summed E-state index contributed by atoms with van der Waals surface area (Å²) in [5.74, 6) is 0. The van der Waals surface area contributed by atoms with Crippen LogP contribution in [0.2, 0.25) is 0 Å². The monoisotopic (exact) mass is 190 g/mol. The third-order valence-corrected chi connectivity index (χ3v) is 4.04. The Bertz CT molecular complexity index is 295. The summed E-state index contributed by atoms with van der Waals surface area (Å²) in [6, 6.07) is 0. The van der Waals surface area contributed by atoms with E-state index in [1.165, 1.54) is 63.5 Å². The van der Waals surface area contributed by atoms with Crippen molar-refractivity contribution in [3.8, 4) is 0 Å². The van der Waals surface area contributed by atoms with Crippen molar-refractivity contribution in [2.24, 2.45) is 10.2 Å². The van der Waals surface area contributed by atoms with Crippen LogP contribution in [0.25, 0.3) is 0 Å². The Labute approximate surface area is 85.5 Å². The van der Waals surface area contributed by atoms with Crippen molar-refractivity contribution in [3.63, 3.8) is 0 Å². The van der Waals surface area contributed by atoms with Crippen LogP contribution in [0.4, 0.5) is 0 Å². The molecule has 2 heteroatoms. The van der Waals surface area contributed by atoms with Crippen molar-refractivity contribution in [2.75, 3.05) is 0 Å². The molecule has 0 N–H and O–H groups in total. The summed E-state index contributed by atoms with van der Waals surface area (Å²) in [5.41, 5.74) is 3.19. The summed E-state index contributed by atoms with van der Waals surface area (Å²) in [6.07, 6.45) is 11.8. The van der Waals surface area contributed by atoms with Gasteiger partial charge in [-0.2, -0.15) is 10.2 Å². The summed E-state index contributed by atoms with van der Waals surface area (Å²) >= 11 is 0. The van der Waals surface area contributed by atoms with Crippen molar-refractivity contribution < 1.29 is 0 Å². The van der Waals surface area contributed by atoms with E-state index in [1.807, 2.05) is 0 Å². The first kappa shape index (κ1) is 8.63. The molecular formula is C12H18N2. The number of azo groups is 1. The zero-order valence-corrected chi connectivity index (χ0v) is 8.76. The van der Waals surface area contributed by atoms with E-state index in [-0.39, 0.29) is 5.54 Å². The molecule has 0 amide bonds. The molecule has 0 bridgehead atoms. The molecule has 2 nitrogen and oxygen atoms in total. The first-order valence-corrected chi connectivity index (χ1v) is 6.06. The largest absolute Gasteiger partial charge is 0.178 e. The van der Waals surface area contributed by atoms with Gasteiger partial charge in [-0.05, 0) is 44.1 Å². The van der Waals surface area contributed by atoms with Crippen LogP contribution in [0.1, 0.15) is 57.8 Å². The second-order valence-corrected chi connectivity index (χ2v) is 4.92. The summed E-state index contributed by atoms with van der Waals surface area (Å²) in [4.78, 5) is 0. The lowest BCUT2D eigenvalue weighted by atomic mass is 9.73. The van der Waals surface area contributed by atoms with Gasteiger partial charge in [0.1, 0.15) is 5.54 Å². The molecule has 76 valence electrons. The molecule has 0 radical (unpaired) electrons. The zero-order chi connectivity index (χ0) is 9.43. The summed E-state index contributed by atoms with van der Waals surface area (Å²) < 4.78 is 0. The molecule has 0 aromatic carbocycles. The summed E-state index contributed by atoms with van der Waals surface area (Å²) in [5, 5.41) is 9.06. The number of nitrogens with zero attached hydrogens (tertiary/aromatic N) is 2. The van der Waals surface area contributed by atoms with Crippen LogP contribution in [0, 0.1) is 0 Å². The van der Waals surface area contributed by atoms with Gasteiger partial charge in [0.25, 0.3) is 0 Å². The molecule has 1 aliphatic heterocycles. The minimum Gasteiger partial charge on any atom is -0.178 e. The number of hydrogen-bond acceptors (Lipinski definition) is 2. The lowest BCUT2D eigenvalue weighted by Crippen LogP contribution is -2.30. The van der Waals surface area contributed by atoms with Gasteiger partial charge in [-0.25, -0.2) is 0 Å². The fraction of sp³-hybridized carbons (Fsp3) is 0.833. The quantitative estimate of drug-likeness (QED) is 0.552. The SMILES string of the molecule is C1CCC2(CC1)N=NC1=C2CCCC1. The van der Waals surface area contributed by atoms with E-state index in [9.17, 15) is 0 Å². The van der Waals surface area contributed by atoms with E-state index < -0.39 is 0 Å². The Kier molecular flexibility index (Phi) is 1.96. The maximum Gasteiger partial charge on any atom is 0.105 e. The Balaban J connectivity index is 1.93. The van der Waals surface area contributed by atoms with Gasteiger partial charge >= 0.3 is 0 Å². The van der Waals surface area contributed by atoms with E-state index in [2.05, 4.69) is 10.2 Å². The smallest absolute Gasteiger partial charge is 0.105 e. The Morgan fingerprint density at radius 1 is 0.857 bits per heavy atom. The Morgan fingerprint density at radius 2 is 1.64 bits per heavy atom. The lowest BCUT2D eigenvalue weighted by molar-refractivity contribution is 0.332. The zero-order valence-electron chi connectivity index (χ0n) is 8.76. The lowest BCUT2D eigenvalue weighted by Gasteiger charge is -2.33. The van der Waals surface area contributed by atoms with E-state index in [1.54, 1.807) is 5.57 Å². The second-order valence-electron chi connectivity index (χ2n) is 4.92. The minimum absolute atomic E-state index is 0.202. The third-order valence-electron chi connectivity index (χ3n) is 4.04. The topological polar surface area (TPSA) is 24.7 Å². The molecule has 0 saturated heterocycles. The van der Waals surface area contributed by atoms with Gasteiger partial charge in [-0.1, -0.05) is 19.3 Å². The first-order chi connectivity index (χ1) is 6.91. The van der Waals surface area contributed by atoms with Crippen LogP contribution in [0.5, 0.6) is 0 Å². The van der Waals surface area contributed by atoms with Crippen LogP contribution in [0.15, 0.2) is 21.5 Å². The molecule has 0 atom stereocenters. The van der Waals surface area contributed by atoms with Crippen molar-refractivity contribution in [1.82, 2.24) is 0 Å². The molecular weight excluding hydrogens is 172 g/mol. The molecule has 2 aliphatic carbocycles. The molecule has 0 aromatic rings. The third kappa shape index (κ3) is 1.16. The standard InChI is InChI=1S/C12H18N2/c1-4-8-12(9-5-1)10-6-2-3-7-11(10)13-14-12/h1-9H2. The van der Waals surface area contributed by atoms with Crippen LogP contribution >= 0.6 is 0 Å². The minimum atomic E-state index is 0.202. The highest BCUT2D eigenvalue weighted by Crippen LogP contribution is 2.47. The first-order valence-electron chi connectivity index (χ1n) is 6.06. The molecule has 1 heterocycles. The van der Waals surface area contributed by atoms with Crippen molar-refractivity contribution in [2.45, 2.75) is 63.3 Å². The predicted octanol–water partition coefficient (Wildman–Crippen LogP) is 3.98. The molecule has 14 heavy (non-hydrogen) atoms. The predicted molar refractivity (Wildman–Crippen MR) is 56.2 cm³/mol. The van der Waals surface area contributed by atoms with Gasteiger partial charge in [0.15, 0.2) is 0 Å². The summed E-state index contributed by atoms with van der Waals surface area (Å²) in [7, 11) is 0. The maximum absolute atomic E-state index is 4.62. The average molecular weight is 190 g/mol. The molecule has 3 rings (SSSR count). The van der Waals surface area contributed by atoms with Crippen molar-refractivity contribution in [1.29, 1.82) is 0 Å². The van der Waals surface area contributed by atoms with Gasteiger partial charge in [0.05, 0.1) is 5.70 Å². The van der Waals surface area contributed by atoms with E-state index in [4.69, 9.17) is 0 Å². The van der Waals surface area contributed by atoms with Gasteiger partial charge in [0, 0.05) is 0 Å². The summed E-state index contributed by atoms with van der Waals surface area (Å²) in [6.45, 7) is 0. The number of hydrogen-bond donors (Lipinski definition) is 0. The molecule has 0 aromatic heterocycles. The van der Waals surface area contributed by atoms with Crippen molar-refractivity contribution >= 4 is 0 Å². The van der Waals surface area contributed by atoms with Crippen LogP contribution in [-0.4, -0.2) is 5.54 Å². The van der Waals surface area contributed by atoms with Crippen LogP contribution in [-0.2, 0) is 0 Å². The van der Waals surface area contributed by atoms with E-state index in [0.717, 1.165) is 0 Å². The number of allylic oxidation sites excluding steroid dienone is 1. The highest BCUT2D eigenvalue weighted by molar-refractivity contribution is 5.32. The highest BCUT2D eigenvalue weighted by atomic mass is 15.2. The maximum atomic E-state index is 4.62. The molecule has 3 aliphatic rings. The fourth-order valence-corrected chi connectivity index (χ4v) is 3.26. The normalized spacial score (nSPS) is 29.7. The van der Waals surface area contributed by atoms with Crippen LogP contribution < -0.4 is 0 Å². The molecule has 1 spiro atoms. The Morgan fingerprint density at radius 3 is 2.50 bits per heavy atom.